The maximum atomic E-state index is 3.26. The van der Waals surface area contributed by atoms with Crippen molar-refractivity contribution >= 4 is 5.69 Å². The first-order chi connectivity index (χ1) is 9.56. The van der Waals surface area contributed by atoms with Crippen molar-refractivity contribution < 1.29 is 0 Å². The second kappa shape index (κ2) is 5.40. The molecule has 3 rings (SSSR count). The quantitative estimate of drug-likeness (QED) is 0.832. The first kappa shape index (κ1) is 13.9. The molecule has 1 aromatic rings. The van der Waals surface area contributed by atoms with Crippen LogP contribution in [0.4, 0.5) is 5.69 Å². The third kappa shape index (κ3) is 2.71. The van der Waals surface area contributed by atoms with Gasteiger partial charge in [0, 0.05) is 24.2 Å². The van der Waals surface area contributed by atoms with Crippen LogP contribution in [-0.4, -0.2) is 38.1 Å². The molecule has 1 fully saturated rings. The molecule has 0 bridgehead atoms. The van der Waals surface area contributed by atoms with Crippen LogP contribution < -0.4 is 4.90 Å². The van der Waals surface area contributed by atoms with Crippen LogP contribution in [-0.2, 0) is 5.41 Å². The lowest BCUT2D eigenvalue weighted by Gasteiger charge is -2.31. The maximum absolute atomic E-state index is 3.26. The van der Waals surface area contributed by atoms with Crippen LogP contribution in [0, 0.1) is 12.0 Å². The highest BCUT2D eigenvalue weighted by Gasteiger charge is 2.34. The van der Waals surface area contributed by atoms with E-state index >= 15 is 0 Å². The lowest BCUT2D eigenvalue weighted by Crippen LogP contribution is -2.34. The summed E-state index contributed by atoms with van der Waals surface area (Å²) in [7, 11) is 2.24. The molecule has 0 unspecified atom stereocenters. The monoisotopic (exact) mass is 271 g/mol. The van der Waals surface area contributed by atoms with Crippen LogP contribution in [0.2, 0.25) is 0 Å². The minimum Gasteiger partial charge on any atom is -0.370 e. The summed E-state index contributed by atoms with van der Waals surface area (Å²) in [6.07, 6.45) is 4.10. The predicted molar refractivity (Wildman–Crippen MR) is 85.4 cm³/mol. The van der Waals surface area contributed by atoms with Gasteiger partial charge in [0.2, 0.25) is 0 Å². The smallest absolute Gasteiger partial charge is 0.0411 e. The molecular formula is C18H27N2. The third-order valence-corrected chi connectivity index (χ3v) is 5.14. The van der Waals surface area contributed by atoms with Crippen molar-refractivity contribution in [3.05, 3.63) is 29.8 Å². The fraction of sp³-hybridized carbons (Fsp3) is 0.667. The summed E-state index contributed by atoms with van der Waals surface area (Å²) in [6, 6.07) is 9.75. The minimum absolute atomic E-state index is 0.289. The minimum atomic E-state index is 0.289. The Bertz CT molecular complexity index is 458. The molecule has 0 saturated carbocycles. The van der Waals surface area contributed by atoms with Crippen LogP contribution in [0.1, 0.15) is 38.7 Å². The number of fused-ring (bicyclic) bond motifs is 1. The van der Waals surface area contributed by atoms with Crippen LogP contribution in [0.15, 0.2) is 18.2 Å². The third-order valence-electron chi connectivity index (χ3n) is 5.14. The first-order valence-electron chi connectivity index (χ1n) is 8.00. The molecule has 1 radical (unpaired) electrons. The summed E-state index contributed by atoms with van der Waals surface area (Å²) in [5, 5.41) is 0. The fourth-order valence-electron chi connectivity index (χ4n) is 3.79. The van der Waals surface area contributed by atoms with Crippen molar-refractivity contribution in [3.63, 3.8) is 0 Å². The molecule has 0 aliphatic carbocycles. The Balaban J connectivity index is 1.62. The Morgan fingerprint density at radius 2 is 2.05 bits per heavy atom. The topological polar surface area (TPSA) is 6.48 Å². The number of hydrogen-bond acceptors (Lipinski definition) is 2. The zero-order chi connectivity index (χ0) is 14.2. The van der Waals surface area contributed by atoms with Gasteiger partial charge in [-0.2, -0.15) is 0 Å². The SMILES string of the molecule is CN1CCC(CCN2CC(C)(C)c3cc[c]cc32)CC1. The zero-order valence-corrected chi connectivity index (χ0v) is 13.2. The van der Waals surface area contributed by atoms with Crippen LogP contribution >= 0.6 is 0 Å². The number of hydrogen-bond donors (Lipinski definition) is 0. The lowest BCUT2D eigenvalue weighted by molar-refractivity contribution is 0.213. The molecule has 0 N–H and O–H groups in total. The highest BCUT2D eigenvalue weighted by atomic mass is 15.2. The standard InChI is InChI=1S/C18H27N2/c1-18(2)14-20(17-7-5-4-6-16(17)18)13-10-15-8-11-19(3)12-9-15/h4,6-7,15H,8-14H2,1-3H3. The van der Waals surface area contributed by atoms with Crippen molar-refractivity contribution in [2.24, 2.45) is 5.92 Å². The molecular weight excluding hydrogens is 244 g/mol. The van der Waals surface area contributed by atoms with Gasteiger partial charge < -0.3 is 9.80 Å². The van der Waals surface area contributed by atoms with E-state index in [1.807, 2.05) is 0 Å². The Hall–Kier alpha value is -1.02. The van der Waals surface area contributed by atoms with Crippen LogP contribution in [0.25, 0.3) is 0 Å². The number of benzene rings is 1. The van der Waals surface area contributed by atoms with Gasteiger partial charge in [0.25, 0.3) is 0 Å². The van der Waals surface area contributed by atoms with E-state index in [2.05, 4.69) is 55.0 Å². The van der Waals surface area contributed by atoms with Gasteiger partial charge in [-0.3, -0.25) is 0 Å². The van der Waals surface area contributed by atoms with Gasteiger partial charge >= 0.3 is 0 Å². The van der Waals surface area contributed by atoms with Crippen LogP contribution in [0.5, 0.6) is 0 Å². The Morgan fingerprint density at radius 1 is 1.30 bits per heavy atom. The molecule has 2 nitrogen and oxygen atoms in total. The molecule has 1 saturated heterocycles. The van der Waals surface area contributed by atoms with E-state index < -0.39 is 0 Å². The van der Waals surface area contributed by atoms with Gasteiger partial charge in [0.05, 0.1) is 0 Å². The second-order valence-corrected chi connectivity index (χ2v) is 7.28. The molecule has 20 heavy (non-hydrogen) atoms. The lowest BCUT2D eigenvalue weighted by atomic mass is 9.87. The van der Waals surface area contributed by atoms with Crippen molar-refractivity contribution in [2.75, 3.05) is 38.1 Å². The normalized spacial score (nSPS) is 23.1. The summed E-state index contributed by atoms with van der Waals surface area (Å²) in [5.74, 6) is 0.922. The van der Waals surface area contributed by atoms with Gasteiger partial charge in [0.15, 0.2) is 0 Å². The molecule has 0 amide bonds. The molecule has 0 atom stereocenters. The molecule has 2 heterocycles. The Labute approximate surface area is 123 Å². The number of likely N-dealkylation sites (tertiary alicyclic amines) is 1. The Morgan fingerprint density at radius 3 is 2.80 bits per heavy atom. The van der Waals surface area contributed by atoms with E-state index in [0.717, 1.165) is 12.5 Å². The van der Waals surface area contributed by atoms with E-state index in [9.17, 15) is 0 Å². The van der Waals surface area contributed by atoms with Gasteiger partial charge in [-0.05, 0) is 63.0 Å². The van der Waals surface area contributed by atoms with Crippen molar-refractivity contribution in [1.82, 2.24) is 4.90 Å². The second-order valence-electron chi connectivity index (χ2n) is 7.28. The van der Waals surface area contributed by atoms with Crippen molar-refractivity contribution in [3.8, 4) is 0 Å². The van der Waals surface area contributed by atoms with Gasteiger partial charge in [-0.1, -0.05) is 26.0 Å². The van der Waals surface area contributed by atoms with E-state index in [1.165, 1.54) is 50.1 Å². The average Bonchev–Trinajstić information content (AvgIpc) is 2.70. The molecule has 2 aliphatic rings. The number of piperidine rings is 1. The van der Waals surface area contributed by atoms with Gasteiger partial charge in [-0.25, -0.2) is 0 Å². The molecule has 109 valence electrons. The summed E-state index contributed by atoms with van der Waals surface area (Å²) >= 11 is 0. The zero-order valence-electron chi connectivity index (χ0n) is 13.2. The molecule has 1 aromatic carbocycles. The molecule has 0 aromatic heterocycles. The molecule has 0 spiro atoms. The predicted octanol–water partition coefficient (Wildman–Crippen LogP) is 3.32. The van der Waals surface area contributed by atoms with E-state index in [1.54, 1.807) is 0 Å². The summed E-state index contributed by atoms with van der Waals surface area (Å²) < 4.78 is 0. The summed E-state index contributed by atoms with van der Waals surface area (Å²) in [4.78, 5) is 5.05. The number of rotatable bonds is 3. The van der Waals surface area contributed by atoms with Gasteiger partial charge in [0.1, 0.15) is 0 Å². The molecule has 2 aliphatic heterocycles. The van der Waals surface area contributed by atoms with E-state index in [0.29, 0.717) is 0 Å². The Kier molecular flexibility index (Phi) is 3.76. The fourth-order valence-corrected chi connectivity index (χ4v) is 3.79. The van der Waals surface area contributed by atoms with E-state index in [4.69, 9.17) is 0 Å². The largest absolute Gasteiger partial charge is 0.370 e. The maximum Gasteiger partial charge on any atom is 0.0411 e. The van der Waals surface area contributed by atoms with Crippen LogP contribution in [0.3, 0.4) is 0 Å². The number of anilines is 1. The highest BCUT2D eigenvalue weighted by Crippen LogP contribution is 2.40. The number of nitrogens with zero attached hydrogens (tertiary/aromatic N) is 2. The van der Waals surface area contributed by atoms with Crippen molar-refractivity contribution in [1.29, 1.82) is 0 Å². The highest BCUT2D eigenvalue weighted by molar-refractivity contribution is 5.61. The summed E-state index contributed by atoms with van der Waals surface area (Å²) in [6.45, 7) is 9.65. The first-order valence-corrected chi connectivity index (χ1v) is 8.00. The van der Waals surface area contributed by atoms with E-state index in [-0.39, 0.29) is 5.41 Å². The molecule has 2 heteroatoms. The van der Waals surface area contributed by atoms with Crippen molar-refractivity contribution in [2.45, 2.75) is 38.5 Å². The average molecular weight is 271 g/mol. The van der Waals surface area contributed by atoms with Gasteiger partial charge in [-0.15, -0.1) is 0 Å². The summed E-state index contributed by atoms with van der Waals surface area (Å²) in [5.41, 5.74) is 3.21.